The molecule has 0 aliphatic carbocycles. The van der Waals surface area contributed by atoms with E-state index in [1.807, 2.05) is 91.9 Å². The number of carbonyl (C=O) groups excluding carboxylic acids is 2. The Morgan fingerprint density at radius 3 is 2.30 bits per heavy atom. The van der Waals surface area contributed by atoms with Crippen LogP contribution in [0.5, 0.6) is 0 Å². The van der Waals surface area contributed by atoms with Crippen molar-refractivity contribution in [1.82, 2.24) is 4.98 Å². The van der Waals surface area contributed by atoms with Crippen molar-refractivity contribution in [3.05, 3.63) is 119 Å². The standard InChI is InChI=1S/C32H26N2O3/c1-3-20-15-17-22(18-16-20)34-29(27-19(2)33-26-14-7-6-12-25(26)27)28(31(36)32(34)37)30(35)24-13-8-10-21-9-4-5-11-23(21)24/h4-18,29,33,35H,3H2,1-2H3/b30-28+. The Morgan fingerprint density at radius 1 is 0.865 bits per heavy atom. The molecule has 5 nitrogen and oxygen atoms in total. The van der Waals surface area contributed by atoms with Gasteiger partial charge in [0.25, 0.3) is 11.7 Å². The summed E-state index contributed by atoms with van der Waals surface area (Å²) in [5, 5.41) is 14.4. The number of H-pyrrole nitrogens is 1. The third-order valence-electron chi connectivity index (χ3n) is 7.33. The van der Waals surface area contributed by atoms with Crippen LogP contribution >= 0.6 is 0 Å². The van der Waals surface area contributed by atoms with E-state index in [-0.39, 0.29) is 11.3 Å². The minimum Gasteiger partial charge on any atom is -0.507 e. The molecule has 1 aliphatic rings. The van der Waals surface area contributed by atoms with Crippen LogP contribution in [0, 0.1) is 6.92 Å². The van der Waals surface area contributed by atoms with E-state index in [4.69, 9.17) is 0 Å². The normalized spacial score (nSPS) is 17.2. The number of hydrogen-bond acceptors (Lipinski definition) is 3. The Labute approximate surface area is 214 Å². The molecule has 5 aromatic rings. The molecule has 2 N–H and O–H groups in total. The van der Waals surface area contributed by atoms with E-state index in [1.54, 1.807) is 6.07 Å². The zero-order chi connectivity index (χ0) is 25.7. The molecule has 1 atom stereocenters. The van der Waals surface area contributed by atoms with E-state index in [0.29, 0.717) is 11.3 Å². The first-order valence-corrected chi connectivity index (χ1v) is 12.4. The molecule has 1 saturated heterocycles. The lowest BCUT2D eigenvalue weighted by atomic mass is 9.91. The van der Waals surface area contributed by atoms with Gasteiger partial charge in [-0.2, -0.15) is 0 Å². The third kappa shape index (κ3) is 3.54. The quantitative estimate of drug-likeness (QED) is 0.166. The van der Waals surface area contributed by atoms with Crippen LogP contribution < -0.4 is 4.90 Å². The number of ketones is 1. The summed E-state index contributed by atoms with van der Waals surface area (Å²) >= 11 is 0. The molecule has 182 valence electrons. The summed E-state index contributed by atoms with van der Waals surface area (Å²) in [4.78, 5) is 32.3. The number of fused-ring (bicyclic) bond motifs is 2. The molecule has 0 saturated carbocycles. The summed E-state index contributed by atoms with van der Waals surface area (Å²) in [5.74, 6) is -1.52. The molecule has 1 fully saturated rings. The van der Waals surface area contributed by atoms with Crippen LogP contribution in [0.25, 0.3) is 27.4 Å². The summed E-state index contributed by atoms with van der Waals surface area (Å²) < 4.78 is 0. The Hall–Kier alpha value is -4.64. The number of para-hydroxylation sites is 1. The number of aromatic amines is 1. The van der Waals surface area contributed by atoms with Crippen LogP contribution in [-0.2, 0) is 16.0 Å². The number of Topliss-reactive ketones (excluding diaryl/α,β-unsaturated/α-hetero) is 1. The van der Waals surface area contributed by atoms with Crippen LogP contribution in [0.15, 0.2) is 96.6 Å². The highest BCUT2D eigenvalue weighted by atomic mass is 16.3. The Balaban J connectivity index is 1.66. The fourth-order valence-corrected chi connectivity index (χ4v) is 5.49. The van der Waals surface area contributed by atoms with Gasteiger partial charge in [0.15, 0.2) is 0 Å². The largest absolute Gasteiger partial charge is 0.507 e. The fourth-order valence-electron chi connectivity index (χ4n) is 5.49. The topological polar surface area (TPSA) is 73.4 Å². The minimum absolute atomic E-state index is 0.0915. The molecule has 0 bridgehead atoms. The average molecular weight is 487 g/mol. The number of anilines is 1. The van der Waals surface area contributed by atoms with Crippen molar-refractivity contribution in [3.63, 3.8) is 0 Å². The van der Waals surface area contributed by atoms with Gasteiger partial charge in [0.2, 0.25) is 0 Å². The van der Waals surface area contributed by atoms with Crippen LogP contribution in [0.3, 0.4) is 0 Å². The third-order valence-corrected chi connectivity index (χ3v) is 7.33. The van der Waals surface area contributed by atoms with E-state index in [9.17, 15) is 14.7 Å². The van der Waals surface area contributed by atoms with Crippen LogP contribution in [0.4, 0.5) is 5.69 Å². The van der Waals surface area contributed by atoms with Gasteiger partial charge in [0.05, 0.1) is 11.6 Å². The molecule has 0 spiro atoms. The second-order valence-corrected chi connectivity index (χ2v) is 9.43. The predicted molar refractivity (Wildman–Crippen MR) is 148 cm³/mol. The smallest absolute Gasteiger partial charge is 0.300 e. The van der Waals surface area contributed by atoms with Gasteiger partial charge in [-0.1, -0.05) is 79.7 Å². The van der Waals surface area contributed by atoms with Gasteiger partial charge >= 0.3 is 0 Å². The van der Waals surface area contributed by atoms with Gasteiger partial charge in [-0.15, -0.1) is 0 Å². The molecule has 4 aromatic carbocycles. The molecule has 2 heterocycles. The number of nitrogens with zero attached hydrogens (tertiary/aromatic N) is 1. The van der Waals surface area contributed by atoms with Gasteiger partial charge in [-0.25, -0.2) is 0 Å². The average Bonchev–Trinajstić information content (AvgIpc) is 3.39. The predicted octanol–water partition coefficient (Wildman–Crippen LogP) is 6.82. The van der Waals surface area contributed by atoms with E-state index in [1.165, 1.54) is 4.90 Å². The summed E-state index contributed by atoms with van der Waals surface area (Å²) in [7, 11) is 0. The Bertz CT molecular complexity index is 1720. The maximum Gasteiger partial charge on any atom is 0.300 e. The summed E-state index contributed by atoms with van der Waals surface area (Å²) in [6.07, 6.45) is 0.866. The number of aromatic nitrogens is 1. The number of aryl methyl sites for hydroxylation is 2. The number of hydrogen-bond donors (Lipinski definition) is 2. The number of nitrogens with one attached hydrogen (secondary N) is 1. The SMILES string of the molecule is CCc1ccc(N2C(=O)C(=O)/C(=C(/O)c3cccc4ccccc34)C2c2c(C)[nH]c3ccccc23)cc1. The first-order valence-electron chi connectivity index (χ1n) is 12.4. The first-order chi connectivity index (χ1) is 18.0. The molecular formula is C32H26N2O3. The fraction of sp³-hybridized carbons (Fsp3) is 0.125. The highest BCUT2D eigenvalue weighted by molar-refractivity contribution is 6.52. The van der Waals surface area contributed by atoms with Crippen LogP contribution in [0.1, 0.15) is 35.3 Å². The van der Waals surface area contributed by atoms with E-state index in [0.717, 1.165) is 44.9 Å². The van der Waals surface area contributed by atoms with Crippen LogP contribution in [0.2, 0.25) is 0 Å². The highest BCUT2D eigenvalue weighted by Gasteiger charge is 2.48. The minimum atomic E-state index is -0.789. The Morgan fingerprint density at radius 2 is 1.54 bits per heavy atom. The number of aliphatic hydroxyl groups excluding tert-OH is 1. The van der Waals surface area contributed by atoms with E-state index in [2.05, 4.69) is 11.9 Å². The first kappa shape index (κ1) is 22.8. The maximum absolute atomic E-state index is 13.7. The molecule has 5 heteroatoms. The maximum atomic E-state index is 13.7. The van der Waals surface area contributed by atoms with Gasteiger partial charge < -0.3 is 10.1 Å². The monoisotopic (exact) mass is 486 g/mol. The lowest BCUT2D eigenvalue weighted by Crippen LogP contribution is -2.29. The Kier molecular flexibility index (Phi) is 5.41. The summed E-state index contributed by atoms with van der Waals surface area (Å²) in [5.41, 5.74) is 4.92. The van der Waals surface area contributed by atoms with Gasteiger partial charge in [-0.3, -0.25) is 14.5 Å². The second kappa shape index (κ2) is 8.79. The van der Waals surface area contributed by atoms with Gasteiger partial charge in [0.1, 0.15) is 5.76 Å². The molecular weight excluding hydrogens is 460 g/mol. The van der Waals surface area contributed by atoms with Crippen molar-refractivity contribution in [2.24, 2.45) is 0 Å². The molecule has 0 radical (unpaired) electrons. The van der Waals surface area contributed by atoms with E-state index >= 15 is 0 Å². The molecule has 1 unspecified atom stereocenters. The molecule has 6 rings (SSSR count). The summed E-state index contributed by atoms with van der Waals surface area (Å²) in [6.45, 7) is 4.01. The zero-order valence-electron chi connectivity index (χ0n) is 20.7. The lowest BCUT2D eigenvalue weighted by Gasteiger charge is -2.26. The van der Waals surface area contributed by atoms with Crippen molar-refractivity contribution in [3.8, 4) is 0 Å². The van der Waals surface area contributed by atoms with Crippen molar-refractivity contribution >= 4 is 44.8 Å². The number of rotatable bonds is 4. The molecule has 1 aliphatic heterocycles. The number of amides is 1. The van der Waals surface area contributed by atoms with E-state index < -0.39 is 17.7 Å². The molecule has 37 heavy (non-hydrogen) atoms. The highest BCUT2D eigenvalue weighted by Crippen LogP contribution is 2.46. The summed E-state index contributed by atoms with van der Waals surface area (Å²) in [6, 6.07) is 28.0. The van der Waals surface area contributed by atoms with Gasteiger partial charge in [0, 0.05) is 33.4 Å². The van der Waals surface area contributed by atoms with Crippen molar-refractivity contribution in [1.29, 1.82) is 0 Å². The zero-order valence-corrected chi connectivity index (χ0v) is 20.7. The van der Waals surface area contributed by atoms with Crippen molar-refractivity contribution in [2.45, 2.75) is 26.3 Å². The second-order valence-electron chi connectivity index (χ2n) is 9.43. The van der Waals surface area contributed by atoms with Crippen molar-refractivity contribution < 1.29 is 14.7 Å². The van der Waals surface area contributed by atoms with Crippen molar-refractivity contribution in [2.75, 3.05) is 4.90 Å². The van der Waals surface area contributed by atoms with Gasteiger partial charge in [-0.05, 0) is 47.9 Å². The number of aliphatic hydroxyl groups is 1. The lowest BCUT2D eigenvalue weighted by molar-refractivity contribution is -0.132. The number of benzene rings is 4. The molecule has 1 aromatic heterocycles. The van der Waals surface area contributed by atoms with Crippen LogP contribution in [-0.4, -0.2) is 21.8 Å². The molecule has 1 amide bonds. The number of carbonyl (C=O) groups is 2.